The predicted octanol–water partition coefficient (Wildman–Crippen LogP) is 1.17. The Morgan fingerprint density at radius 2 is 1.96 bits per heavy atom. The van der Waals surface area contributed by atoms with Crippen molar-refractivity contribution < 1.29 is 5.11 Å². The molecule has 2 heterocycles. The van der Waals surface area contributed by atoms with Crippen LogP contribution in [0, 0.1) is 0 Å². The van der Waals surface area contributed by atoms with Crippen LogP contribution >= 0.6 is 0 Å². The van der Waals surface area contributed by atoms with Gasteiger partial charge in [0.1, 0.15) is 12.4 Å². The van der Waals surface area contributed by atoms with Crippen molar-refractivity contribution in [2.45, 2.75) is 32.9 Å². The largest absolute Gasteiger partial charge is 0.388 e. The molecule has 7 nitrogen and oxygen atoms in total. The summed E-state index contributed by atoms with van der Waals surface area (Å²) in [5.74, 6) is 0.326. The number of hydrogen-bond acceptors (Lipinski definition) is 4. The van der Waals surface area contributed by atoms with Crippen molar-refractivity contribution in [3.8, 4) is 5.69 Å². The number of nitrogens with one attached hydrogen (secondary N) is 1. The highest BCUT2D eigenvalue weighted by atomic mass is 16.3. The molecule has 7 heteroatoms. The normalized spacial score (nSPS) is 11.2. The van der Waals surface area contributed by atoms with E-state index in [1.165, 1.54) is 4.57 Å². The number of aromatic nitrogens is 4. The molecule has 23 heavy (non-hydrogen) atoms. The molecule has 0 unspecified atom stereocenters. The van der Waals surface area contributed by atoms with Gasteiger partial charge in [-0.15, -0.1) is 0 Å². The van der Waals surface area contributed by atoms with E-state index in [2.05, 4.69) is 9.97 Å². The molecular weight excluding hydrogens is 296 g/mol. The molecule has 0 spiro atoms. The van der Waals surface area contributed by atoms with E-state index in [9.17, 15) is 14.7 Å². The summed E-state index contributed by atoms with van der Waals surface area (Å²) in [5.41, 5.74) is 0.313. The van der Waals surface area contributed by atoms with Gasteiger partial charge in [0.2, 0.25) is 0 Å². The number of nitrogens with zero attached hydrogens (tertiary/aromatic N) is 3. The Kier molecular flexibility index (Phi) is 4.12. The third kappa shape index (κ3) is 2.59. The molecule has 0 aliphatic heterocycles. The quantitative estimate of drug-likeness (QED) is 0.739. The lowest BCUT2D eigenvalue weighted by atomic mass is 10.3. The summed E-state index contributed by atoms with van der Waals surface area (Å²) < 4.78 is 3.05. The van der Waals surface area contributed by atoms with Crippen molar-refractivity contribution in [2.75, 3.05) is 0 Å². The van der Waals surface area contributed by atoms with Crippen LogP contribution in [0.4, 0.5) is 0 Å². The molecule has 3 rings (SSSR count). The fourth-order valence-electron chi connectivity index (χ4n) is 2.65. The number of imidazole rings is 1. The van der Waals surface area contributed by atoms with Crippen LogP contribution in [-0.4, -0.2) is 24.2 Å². The standard InChI is InChI=1S/C16H18N4O3/c1-2-3-9-19-14-13(15(22)18-16(19)23)20(12(10-21)17-14)11-7-5-4-6-8-11/h4-8,21H,2-3,9-10H2,1H3,(H,18,22,23). The smallest absolute Gasteiger partial charge is 0.330 e. The molecule has 120 valence electrons. The van der Waals surface area contributed by atoms with Crippen LogP contribution in [0.3, 0.4) is 0 Å². The van der Waals surface area contributed by atoms with Crippen LogP contribution in [0.2, 0.25) is 0 Å². The minimum absolute atomic E-state index is 0.274. The summed E-state index contributed by atoms with van der Waals surface area (Å²) in [4.78, 5) is 31.1. The minimum Gasteiger partial charge on any atom is -0.388 e. The second-order valence-corrected chi connectivity index (χ2v) is 5.29. The summed E-state index contributed by atoms with van der Waals surface area (Å²) in [7, 11) is 0. The topological polar surface area (TPSA) is 92.9 Å². The number of unbranched alkanes of at least 4 members (excludes halogenated alkanes) is 1. The highest BCUT2D eigenvalue weighted by molar-refractivity contribution is 5.73. The van der Waals surface area contributed by atoms with E-state index in [1.54, 1.807) is 4.57 Å². The van der Waals surface area contributed by atoms with E-state index in [4.69, 9.17) is 0 Å². The molecule has 0 saturated heterocycles. The van der Waals surface area contributed by atoms with Crippen molar-refractivity contribution in [2.24, 2.45) is 0 Å². The predicted molar refractivity (Wildman–Crippen MR) is 86.8 cm³/mol. The molecule has 1 aromatic carbocycles. The Morgan fingerprint density at radius 1 is 1.22 bits per heavy atom. The van der Waals surface area contributed by atoms with Gasteiger partial charge in [-0.05, 0) is 18.6 Å². The lowest BCUT2D eigenvalue weighted by Crippen LogP contribution is -2.31. The van der Waals surface area contributed by atoms with Gasteiger partial charge in [-0.2, -0.15) is 0 Å². The number of aromatic amines is 1. The molecule has 2 N–H and O–H groups in total. The maximum absolute atomic E-state index is 12.3. The lowest BCUT2D eigenvalue weighted by Gasteiger charge is -2.08. The summed E-state index contributed by atoms with van der Waals surface area (Å²) in [6, 6.07) is 9.18. The second kappa shape index (κ2) is 6.21. The number of aliphatic hydroxyl groups is 1. The number of aryl methyl sites for hydroxylation is 1. The van der Waals surface area contributed by atoms with Gasteiger partial charge in [0.25, 0.3) is 5.56 Å². The first-order chi connectivity index (χ1) is 11.2. The SMILES string of the molecule is CCCCn1c(=O)[nH]c(=O)c2c1nc(CO)n2-c1ccccc1. The highest BCUT2D eigenvalue weighted by Crippen LogP contribution is 2.18. The molecule has 0 aliphatic rings. The van der Waals surface area contributed by atoms with Gasteiger partial charge in [-0.3, -0.25) is 18.9 Å². The van der Waals surface area contributed by atoms with Gasteiger partial charge in [0.05, 0.1) is 0 Å². The van der Waals surface area contributed by atoms with Gasteiger partial charge in [-0.25, -0.2) is 9.78 Å². The second-order valence-electron chi connectivity index (χ2n) is 5.29. The Labute approximate surface area is 131 Å². The number of H-pyrrole nitrogens is 1. The maximum Gasteiger partial charge on any atom is 0.330 e. The molecule has 0 fully saturated rings. The van der Waals surface area contributed by atoms with Gasteiger partial charge in [0, 0.05) is 12.2 Å². The minimum atomic E-state index is -0.506. The first kappa shape index (κ1) is 15.2. The highest BCUT2D eigenvalue weighted by Gasteiger charge is 2.18. The molecule has 0 radical (unpaired) electrons. The molecule has 0 amide bonds. The lowest BCUT2D eigenvalue weighted by molar-refractivity contribution is 0.270. The molecule has 0 atom stereocenters. The van der Waals surface area contributed by atoms with Crippen molar-refractivity contribution in [1.82, 2.24) is 19.1 Å². The number of fused-ring (bicyclic) bond motifs is 1. The fourth-order valence-corrected chi connectivity index (χ4v) is 2.65. The summed E-state index contributed by atoms with van der Waals surface area (Å²) in [5, 5.41) is 9.62. The Hall–Kier alpha value is -2.67. The van der Waals surface area contributed by atoms with Crippen LogP contribution in [0.5, 0.6) is 0 Å². The van der Waals surface area contributed by atoms with Crippen molar-refractivity contribution in [1.29, 1.82) is 0 Å². The third-order valence-corrected chi connectivity index (χ3v) is 3.76. The Morgan fingerprint density at radius 3 is 2.61 bits per heavy atom. The fraction of sp³-hybridized carbons (Fsp3) is 0.312. The van der Waals surface area contributed by atoms with E-state index in [0.717, 1.165) is 12.8 Å². The summed E-state index contributed by atoms with van der Waals surface area (Å²) in [6.45, 7) is 2.17. The van der Waals surface area contributed by atoms with Crippen LogP contribution in [0.15, 0.2) is 39.9 Å². The van der Waals surface area contributed by atoms with E-state index < -0.39 is 11.2 Å². The third-order valence-electron chi connectivity index (χ3n) is 3.76. The van der Waals surface area contributed by atoms with Crippen molar-refractivity contribution in [3.05, 3.63) is 57.0 Å². The van der Waals surface area contributed by atoms with Crippen LogP contribution in [0.25, 0.3) is 16.9 Å². The molecule has 0 bridgehead atoms. The molecule has 0 aliphatic carbocycles. The van der Waals surface area contributed by atoms with Crippen LogP contribution in [0.1, 0.15) is 25.6 Å². The number of rotatable bonds is 5. The summed E-state index contributed by atoms with van der Waals surface area (Å²) >= 11 is 0. The van der Waals surface area contributed by atoms with Gasteiger partial charge in [0.15, 0.2) is 11.2 Å². The van der Waals surface area contributed by atoms with E-state index in [1.807, 2.05) is 37.3 Å². The zero-order valence-corrected chi connectivity index (χ0v) is 12.8. The van der Waals surface area contributed by atoms with E-state index in [0.29, 0.717) is 23.7 Å². The Bertz CT molecular complexity index is 938. The first-order valence-corrected chi connectivity index (χ1v) is 7.58. The number of para-hydroxylation sites is 1. The first-order valence-electron chi connectivity index (χ1n) is 7.58. The summed E-state index contributed by atoms with van der Waals surface area (Å²) in [6.07, 6.45) is 1.72. The average Bonchev–Trinajstić information content (AvgIpc) is 2.95. The van der Waals surface area contributed by atoms with E-state index >= 15 is 0 Å². The van der Waals surface area contributed by atoms with Crippen molar-refractivity contribution >= 4 is 11.2 Å². The zero-order chi connectivity index (χ0) is 16.4. The zero-order valence-electron chi connectivity index (χ0n) is 12.8. The number of aliphatic hydroxyl groups excluding tert-OH is 1. The van der Waals surface area contributed by atoms with Crippen LogP contribution in [-0.2, 0) is 13.2 Å². The monoisotopic (exact) mass is 314 g/mol. The maximum atomic E-state index is 12.3. The molecule has 0 saturated carbocycles. The van der Waals surface area contributed by atoms with E-state index in [-0.39, 0.29) is 12.1 Å². The molecule has 3 aromatic rings. The van der Waals surface area contributed by atoms with Crippen LogP contribution < -0.4 is 11.2 Å². The number of benzene rings is 1. The number of hydrogen-bond donors (Lipinski definition) is 2. The molecular formula is C16H18N4O3. The average molecular weight is 314 g/mol. The Balaban J connectivity index is 2.37. The van der Waals surface area contributed by atoms with Gasteiger partial charge >= 0.3 is 5.69 Å². The van der Waals surface area contributed by atoms with Gasteiger partial charge in [-0.1, -0.05) is 31.5 Å². The van der Waals surface area contributed by atoms with Gasteiger partial charge < -0.3 is 5.11 Å². The molecule has 2 aromatic heterocycles. The van der Waals surface area contributed by atoms with Crippen molar-refractivity contribution in [3.63, 3.8) is 0 Å².